The smallest absolute Gasteiger partial charge is 0.134 e. The van der Waals surface area contributed by atoms with Crippen molar-refractivity contribution in [3.8, 4) is 11.3 Å². The van der Waals surface area contributed by atoms with Crippen LogP contribution in [0.15, 0.2) is 34.7 Å². The predicted octanol–water partition coefficient (Wildman–Crippen LogP) is 5.14. The molecular weight excluding hydrogens is 378 g/mol. The van der Waals surface area contributed by atoms with Crippen molar-refractivity contribution in [3.63, 3.8) is 0 Å². The van der Waals surface area contributed by atoms with E-state index in [0.29, 0.717) is 10.0 Å². The van der Waals surface area contributed by atoms with Gasteiger partial charge in [0.2, 0.25) is 0 Å². The number of rotatable bonds is 7. The molecule has 0 aliphatic carbocycles. The third kappa shape index (κ3) is 7.79. The van der Waals surface area contributed by atoms with E-state index in [4.69, 9.17) is 27.6 Å². The highest BCUT2D eigenvalue weighted by Crippen LogP contribution is 2.28. The van der Waals surface area contributed by atoms with Crippen molar-refractivity contribution in [1.82, 2.24) is 10.2 Å². The van der Waals surface area contributed by atoms with Crippen molar-refractivity contribution >= 4 is 48.0 Å². The second kappa shape index (κ2) is 11.2. The minimum absolute atomic E-state index is 0. The van der Waals surface area contributed by atoms with Crippen molar-refractivity contribution in [1.29, 1.82) is 0 Å². The average molecular weight is 400 g/mol. The molecule has 23 heavy (non-hydrogen) atoms. The average Bonchev–Trinajstić information content (AvgIpc) is 2.85. The molecule has 0 amide bonds. The molecule has 1 aromatic carbocycles. The molecule has 0 saturated heterocycles. The molecule has 0 aliphatic rings. The monoisotopic (exact) mass is 398 g/mol. The van der Waals surface area contributed by atoms with Crippen molar-refractivity contribution in [3.05, 3.63) is 46.1 Å². The van der Waals surface area contributed by atoms with Gasteiger partial charge in [-0.1, -0.05) is 23.2 Å². The zero-order valence-corrected chi connectivity index (χ0v) is 16.3. The SMILES string of the molecule is CN(C)CCCNCc1ccc(-c2cc(Cl)cc(Cl)c2)o1.Cl.Cl. The molecule has 0 bridgehead atoms. The molecule has 130 valence electrons. The Balaban J connectivity index is 0.00000242. The van der Waals surface area contributed by atoms with Gasteiger partial charge in [-0.25, -0.2) is 0 Å². The third-order valence-electron chi connectivity index (χ3n) is 3.07. The second-order valence-electron chi connectivity index (χ2n) is 5.26. The van der Waals surface area contributed by atoms with Crippen molar-refractivity contribution in [2.45, 2.75) is 13.0 Å². The molecule has 0 saturated carbocycles. The molecule has 1 aromatic heterocycles. The van der Waals surface area contributed by atoms with Gasteiger partial charge in [-0.05, 0) is 63.9 Å². The van der Waals surface area contributed by atoms with E-state index in [0.717, 1.165) is 43.1 Å². The molecule has 0 aliphatic heterocycles. The van der Waals surface area contributed by atoms with Crippen LogP contribution in [-0.2, 0) is 6.54 Å². The first kappa shape index (κ1) is 22.6. The summed E-state index contributed by atoms with van der Waals surface area (Å²) in [5.74, 6) is 1.69. The summed E-state index contributed by atoms with van der Waals surface area (Å²) in [4.78, 5) is 2.18. The second-order valence-corrected chi connectivity index (χ2v) is 6.13. The van der Waals surface area contributed by atoms with Crippen LogP contribution in [0.5, 0.6) is 0 Å². The number of nitrogens with zero attached hydrogens (tertiary/aromatic N) is 1. The number of halogens is 4. The standard InChI is InChI=1S/C16H20Cl2N2O.2ClH/c1-20(2)7-3-6-19-11-15-4-5-16(21-15)12-8-13(17)10-14(18)9-12;;/h4-5,8-10,19H,3,6-7,11H2,1-2H3;2*1H. The van der Waals surface area contributed by atoms with Crippen molar-refractivity contribution in [2.24, 2.45) is 0 Å². The van der Waals surface area contributed by atoms with Crippen molar-refractivity contribution < 1.29 is 4.42 Å². The first-order valence-electron chi connectivity index (χ1n) is 6.95. The van der Waals surface area contributed by atoms with Gasteiger partial charge in [-0.15, -0.1) is 24.8 Å². The Kier molecular flexibility index (Phi) is 11.0. The largest absolute Gasteiger partial charge is 0.460 e. The molecular formula is C16H22Cl4N2O. The van der Waals surface area contributed by atoms with Gasteiger partial charge in [0.15, 0.2) is 0 Å². The molecule has 7 heteroatoms. The number of hydrogen-bond donors (Lipinski definition) is 1. The lowest BCUT2D eigenvalue weighted by molar-refractivity contribution is 0.391. The Morgan fingerprint density at radius 1 is 1.04 bits per heavy atom. The molecule has 0 radical (unpaired) electrons. The molecule has 0 atom stereocenters. The Bertz CT molecular complexity index is 567. The molecule has 2 rings (SSSR count). The summed E-state index contributed by atoms with van der Waals surface area (Å²) in [6.45, 7) is 2.77. The number of furan rings is 1. The Hall–Kier alpha value is -0.420. The highest BCUT2D eigenvalue weighted by molar-refractivity contribution is 6.35. The number of benzene rings is 1. The highest BCUT2D eigenvalue weighted by atomic mass is 35.5. The third-order valence-corrected chi connectivity index (χ3v) is 3.50. The van der Waals surface area contributed by atoms with E-state index in [9.17, 15) is 0 Å². The minimum atomic E-state index is 0. The molecule has 2 aromatic rings. The van der Waals surface area contributed by atoms with Gasteiger partial charge in [0, 0.05) is 15.6 Å². The number of hydrogen-bond acceptors (Lipinski definition) is 3. The fourth-order valence-corrected chi connectivity index (χ4v) is 2.58. The van der Waals surface area contributed by atoms with E-state index in [-0.39, 0.29) is 24.8 Å². The quantitative estimate of drug-likeness (QED) is 0.653. The van der Waals surface area contributed by atoms with E-state index in [2.05, 4.69) is 24.3 Å². The van der Waals surface area contributed by atoms with E-state index >= 15 is 0 Å². The molecule has 0 fully saturated rings. The van der Waals surface area contributed by atoms with Gasteiger partial charge in [-0.3, -0.25) is 0 Å². The van der Waals surface area contributed by atoms with Crippen LogP contribution >= 0.6 is 48.0 Å². The van der Waals surface area contributed by atoms with Crippen molar-refractivity contribution in [2.75, 3.05) is 27.2 Å². The van der Waals surface area contributed by atoms with Crippen LogP contribution in [-0.4, -0.2) is 32.1 Å². The van der Waals surface area contributed by atoms with E-state index in [1.54, 1.807) is 6.07 Å². The summed E-state index contributed by atoms with van der Waals surface area (Å²) in [6, 6.07) is 9.33. The van der Waals surface area contributed by atoms with Gasteiger partial charge in [-0.2, -0.15) is 0 Å². The van der Waals surface area contributed by atoms with E-state index in [1.807, 2.05) is 24.3 Å². The molecule has 3 nitrogen and oxygen atoms in total. The van der Waals surface area contributed by atoms with Crippen LogP contribution in [0.2, 0.25) is 10.0 Å². The van der Waals surface area contributed by atoms with E-state index < -0.39 is 0 Å². The summed E-state index contributed by atoms with van der Waals surface area (Å²) in [6.07, 6.45) is 1.12. The minimum Gasteiger partial charge on any atom is -0.460 e. The maximum absolute atomic E-state index is 6.01. The predicted molar refractivity (Wildman–Crippen MR) is 104 cm³/mol. The van der Waals surface area contributed by atoms with Crippen LogP contribution in [0, 0.1) is 0 Å². The maximum atomic E-state index is 6.01. The number of nitrogens with one attached hydrogen (secondary N) is 1. The zero-order chi connectivity index (χ0) is 15.2. The first-order valence-corrected chi connectivity index (χ1v) is 7.71. The Labute approximate surface area is 160 Å². The summed E-state index contributed by atoms with van der Waals surface area (Å²) in [5, 5.41) is 4.59. The van der Waals surface area contributed by atoms with E-state index in [1.165, 1.54) is 0 Å². The van der Waals surface area contributed by atoms with Gasteiger partial charge >= 0.3 is 0 Å². The topological polar surface area (TPSA) is 28.4 Å². The summed E-state index contributed by atoms with van der Waals surface area (Å²) in [5.41, 5.74) is 0.895. The van der Waals surface area contributed by atoms with Gasteiger partial charge in [0.1, 0.15) is 11.5 Å². The normalized spacial score (nSPS) is 10.3. The van der Waals surface area contributed by atoms with Crippen LogP contribution in [0.1, 0.15) is 12.2 Å². The summed E-state index contributed by atoms with van der Waals surface area (Å²) < 4.78 is 5.82. The molecule has 0 unspecified atom stereocenters. The Morgan fingerprint density at radius 3 is 2.30 bits per heavy atom. The highest BCUT2D eigenvalue weighted by Gasteiger charge is 2.06. The fraction of sp³-hybridized carbons (Fsp3) is 0.375. The van der Waals surface area contributed by atoms with Gasteiger partial charge < -0.3 is 14.6 Å². The molecule has 1 heterocycles. The lowest BCUT2D eigenvalue weighted by Crippen LogP contribution is -2.20. The Morgan fingerprint density at radius 2 is 1.70 bits per heavy atom. The zero-order valence-electron chi connectivity index (χ0n) is 13.1. The van der Waals surface area contributed by atoms with Crippen LogP contribution < -0.4 is 5.32 Å². The molecule has 0 spiro atoms. The summed E-state index contributed by atoms with van der Waals surface area (Å²) in [7, 11) is 4.16. The van der Waals surface area contributed by atoms with Crippen LogP contribution in [0.25, 0.3) is 11.3 Å². The summed E-state index contributed by atoms with van der Waals surface area (Å²) >= 11 is 12.0. The molecule has 1 N–H and O–H groups in total. The van der Waals surface area contributed by atoms with Crippen LogP contribution in [0.4, 0.5) is 0 Å². The lowest BCUT2D eigenvalue weighted by atomic mass is 10.2. The first-order chi connectivity index (χ1) is 10.0. The van der Waals surface area contributed by atoms with Gasteiger partial charge in [0.05, 0.1) is 6.54 Å². The van der Waals surface area contributed by atoms with Gasteiger partial charge in [0.25, 0.3) is 0 Å². The maximum Gasteiger partial charge on any atom is 0.134 e. The van der Waals surface area contributed by atoms with Crippen LogP contribution in [0.3, 0.4) is 0 Å². The fourth-order valence-electron chi connectivity index (χ4n) is 2.06. The lowest BCUT2D eigenvalue weighted by Gasteiger charge is -2.09.